The van der Waals surface area contributed by atoms with E-state index in [1.54, 1.807) is 19.4 Å². The van der Waals surface area contributed by atoms with Crippen LogP contribution >= 0.6 is 0 Å². The van der Waals surface area contributed by atoms with Crippen molar-refractivity contribution in [1.29, 1.82) is 0 Å². The molecule has 94 valence electrons. The Labute approximate surface area is 101 Å². The van der Waals surface area contributed by atoms with Crippen molar-refractivity contribution in [3.63, 3.8) is 0 Å². The molecular weight excluding hydrogens is 218 g/mol. The summed E-state index contributed by atoms with van der Waals surface area (Å²) in [5, 5.41) is 8.61. The van der Waals surface area contributed by atoms with Crippen LogP contribution in [0.5, 0.6) is 0 Å². The summed E-state index contributed by atoms with van der Waals surface area (Å²) in [7, 11) is 1.77. The molecule has 0 bridgehead atoms. The van der Waals surface area contributed by atoms with Gasteiger partial charge in [-0.3, -0.25) is 9.78 Å². The quantitative estimate of drug-likeness (QED) is 0.679. The standard InChI is InChI=1S/C11H19N5O/c1-8(2)4-15-11(17)7-14-10-6-13-5-9(12-3)16-10/h5-6,8H,4,7H2,1-3H3,(H,15,17)(H2,12,14,16). The van der Waals surface area contributed by atoms with Gasteiger partial charge in [0.15, 0.2) is 0 Å². The third-order valence-corrected chi connectivity index (χ3v) is 2.03. The summed E-state index contributed by atoms with van der Waals surface area (Å²) in [5.41, 5.74) is 0. The first-order valence-electron chi connectivity index (χ1n) is 5.62. The number of amides is 1. The molecule has 6 nitrogen and oxygen atoms in total. The maximum absolute atomic E-state index is 11.4. The predicted molar refractivity (Wildman–Crippen MR) is 67.9 cm³/mol. The van der Waals surface area contributed by atoms with Gasteiger partial charge in [0, 0.05) is 13.6 Å². The van der Waals surface area contributed by atoms with Gasteiger partial charge in [0.05, 0.1) is 18.9 Å². The van der Waals surface area contributed by atoms with E-state index in [-0.39, 0.29) is 12.5 Å². The molecule has 0 atom stereocenters. The molecule has 0 aliphatic heterocycles. The second-order valence-electron chi connectivity index (χ2n) is 4.09. The van der Waals surface area contributed by atoms with Crippen LogP contribution in [0.15, 0.2) is 12.4 Å². The Bertz CT molecular complexity index is 367. The van der Waals surface area contributed by atoms with E-state index in [2.05, 4.69) is 39.8 Å². The van der Waals surface area contributed by atoms with Gasteiger partial charge in [0.25, 0.3) is 0 Å². The number of nitrogens with zero attached hydrogens (tertiary/aromatic N) is 2. The topological polar surface area (TPSA) is 78.9 Å². The molecular formula is C11H19N5O. The van der Waals surface area contributed by atoms with E-state index in [1.807, 2.05) is 0 Å². The Kier molecular flexibility index (Phi) is 5.19. The van der Waals surface area contributed by atoms with Gasteiger partial charge >= 0.3 is 0 Å². The summed E-state index contributed by atoms with van der Waals surface area (Å²) in [6.45, 7) is 4.99. The van der Waals surface area contributed by atoms with Crippen LogP contribution in [-0.2, 0) is 4.79 Å². The second-order valence-corrected chi connectivity index (χ2v) is 4.09. The number of rotatable bonds is 6. The Morgan fingerprint density at radius 1 is 1.35 bits per heavy atom. The highest BCUT2D eigenvalue weighted by atomic mass is 16.1. The van der Waals surface area contributed by atoms with Crippen LogP contribution in [-0.4, -0.2) is 36.0 Å². The first kappa shape index (κ1) is 13.2. The highest BCUT2D eigenvalue weighted by Gasteiger charge is 2.03. The molecule has 1 aromatic rings. The zero-order valence-corrected chi connectivity index (χ0v) is 10.4. The van der Waals surface area contributed by atoms with Gasteiger partial charge < -0.3 is 16.0 Å². The summed E-state index contributed by atoms with van der Waals surface area (Å²) >= 11 is 0. The summed E-state index contributed by atoms with van der Waals surface area (Å²) in [6, 6.07) is 0. The van der Waals surface area contributed by atoms with Crippen molar-refractivity contribution in [3.8, 4) is 0 Å². The van der Waals surface area contributed by atoms with E-state index in [0.29, 0.717) is 24.1 Å². The third-order valence-electron chi connectivity index (χ3n) is 2.03. The largest absolute Gasteiger partial charge is 0.372 e. The van der Waals surface area contributed by atoms with Crippen molar-refractivity contribution >= 4 is 17.5 Å². The fraction of sp³-hybridized carbons (Fsp3) is 0.545. The smallest absolute Gasteiger partial charge is 0.239 e. The zero-order chi connectivity index (χ0) is 12.7. The first-order chi connectivity index (χ1) is 8.11. The molecule has 0 saturated carbocycles. The summed E-state index contributed by atoms with van der Waals surface area (Å²) in [5.74, 6) is 1.65. The lowest BCUT2D eigenvalue weighted by Crippen LogP contribution is -2.32. The van der Waals surface area contributed by atoms with Crippen LogP contribution in [0.4, 0.5) is 11.6 Å². The predicted octanol–water partition coefficient (Wildman–Crippen LogP) is 0.702. The van der Waals surface area contributed by atoms with Gasteiger partial charge in [0.2, 0.25) is 5.91 Å². The van der Waals surface area contributed by atoms with E-state index in [1.165, 1.54) is 0 Å². The lowest BCUT2D eigenvalue weighted by Gasteiger charge is -2.09. The Hall–Kier alpha value is -1.85. The summed E-state index contributed by atoms with van der Waals surface area (Å²) in [4.78, 5) is 19.6. The first-order valence-corrected chi connectivity index (χ1v) is 5.62. The highest BCUT2D eigenvalue weighted by molar-refractivity contribution is 5.80. The van der Waals surface area contributed by atoms with Gasteiger partial charge in [-0.05, 0) is 5.92 Å². The number of anilines is 2. The number of carbonyl (C=O) groups is 1. The molecule has 17 heavy (non-hydrogen) atoms. The molecule has 0 aliphatic rings. The molecule has 1 amide bonds. The Balaban J connectivity index is 2.36. The van der Waals surface area contributed by atoms with Crippen LogP contribution in [0.25, 0.3) is 0 Å². The number of aromatic nitrogens is 2. The van der Waals surface area contributed by atoms with Crippen molar-refractivity contribution in [3.05, 3.63) is 12.4 Å². The maximum atomic E-state index is 11.4. The van der Waals surface area contributed by atoms with E-state index in [4.69, 9.17) is 0 Å². The van der Waals surface area contributed by atoms with Crippen LogP contribution in [0.3, 0.4) is 0 Å². The van der Waals surface area contributed by atoms with Crippen LogP contribution in [0.1, 0.15) is 13.8 Å². The summed E-state index contributed by atoms with van der Waals surface area (Å²) < 4.78 is 0. The van der Waals surface area contributed by atoms with Gasteiger partial charge in [0.1, 0.15) is 11.6 Å². The molecule has 3 N–H and O–H groups in total. The molecule has 0 radical (unpaired) electrons. The maximum Gasteiger partial charge on any atom is 0.239 e. The molecule has 0 aliphatic carbocycles. The molecule has 1 aromatic heterocycles. The van der Waals surface area contributed by atoms with Gasteiger partial charge in [-0.15, -0.1) is 0 Å². The lowest BCUT2D eigenvalue weighted by molar-refractivity contribution is -0.119. The Morgan fingerprint density at radius 2 is 2.06 bits per heavy atom. The minimum atomic E-state index is -0.0460. The van der Waals surface area contributed by atoms with E-state index in [9.17, 15) is 4.79 Å². The molecule has 0 spiro atoms. The fourth-order valence-electron chi connectivity index (χ4n) is 1.12. The number of carbonyl (C=O) groups excluding carboxylic acids is 1. The highest BCUT2D eigenvalue weighted by Crippen LogP contribution is 2.04. The van der Waals surface area contributed by atoms with Crippen molar-refractivity contribution < 1.29 is 4.79 Å². The average molecular weight is 237 g/mol. The zero-order valence-electron chi connectivity index (χ0n) is 10.4. The molecule has 0 saturated heterocycles. The van der Waals surface area contributed by atoms with E-state index < -0.39 is 0 Å². The van der Waals surface area contributed by atoms with Crippen molar-refractivity contribution in [1.82, 2.24) is 15.3 Å². The van der Waals surface area contributed by atoms with Gasteiger partial charge in [-0.25, -0.2) is 4.98 Å². The number of nitrogens with one attached hydrogen (secondary N) is 3. The van der Waals surface area contributed by atoms with Gasteiger partial charge in [-0.1, -0.05) is 13.8 Å². The minimum absolute atomic E-state index is 0.0460. The van der Waals surface area contributed by atoms with Gasteiger partial charge in [-0.2, -0.15) is 0 Å². The SMILES string of the molecule is CNc1cncc(NCC(=O)NCC(C)C)n1. The normalized spacial score (nSPS) is 10.1. The summed E-state index contributed by atoms with van der Waals surface area (Å²) in [6.07, 6.45) is 3.20. The van der Waals surface area contributed by atoms with E-state index >= 15 is 0 Å². The molecule has 6 heteroatoms. The van der Waals surface area contributed by atoms with E-state index in [0.717, 1.165) is 0 Å². The number of hydrogen-bond acceptors (Lipinski definition) is 5. The van der Waals surface area contributed by atoms with Crippen molar-refractivity contribution in [2.45, 2.75) is 13.8 Å². The monoisotopic (exact) mass is 237 g/mol. The fourth-order valence-corrected chi connectivity index (χ4v) is 1.12. The van der Waals surface area contributed by atoms with Crippen molar-refractivity contribution in [2.24, 2.45) is 5.92 Å². The van der Waals surface area contributed by atoms with Crippen LogP contribution in [0, 0.1) is 5.92 Å². The molecule has 0 unspecified atom stereocenters. The Morgan fingerprint density at radius 3 is 2.71 bits per heavy atom. The van der Waals surface area contributed by atoms with Crippen LogP contribution < -0.4 is 16.0 Å². The van der Waals surface area contributed by atoms with Crippen LogP contribution in [0.2, 0.25) is 0 Å². The average Bonchev–Trinajstić information content (AvgIpc) is 2.34. The molecule has 0 fully saturated rings. The second kappa shape index (κ2) is 6.67. The lowest BCUT2D eigenvalue weighted by atomic mass is 10.2. The van der Waals surface area contributed by atoms with Crippen molar-refractivity contribution in [2.75, 3.05) is 30.8 Å². The molecule has 1 heterocycles. The number of hydrogen-bond donors (Lipinski definition) is 3. The minimum Gasteiger partial charge on any atom is -0.372 e. The molecule has 1 rings (SSSR count). The molecule has 0 aromatic carbocycles. The third kappa shape index (κ3) is 5.14.